The highest BCUT2D eigenvalue weighted by Gasteiger charge is 2.18. The van der Waals surface area contributed by atoms with E-state index in [1.807, 2.05) is 31.3 Å². The number of nitrogens with one attached hydrogen (secondary N) is 1. The van der Waals surface area contributed by atoms with Crippen molar-refractivity contribution in [2.45, 2.75) is 6.04 Å². The fourth-order valence-corrected chi connectivity index (χ4v) is 3.22. The minimum absolute atomic E-state index is 0.0684. The van der Waals surface area contributed by atoms with Gasteiger partial charge >= 0.3 is 0 Å². The molecule has 3 rings (SSSR count). The average Bonchev–Trinajstić information content (AvgIpc) is 2.52. The zero-order chi connectivity index (χ0) is 14.8. The summed E-state index contributed by atoms with van der Waals surface area (Å²) in [6.45, 7) is 0. The normalized spacial score (nSPS) is 12.5. The zero-order valence-electron chi connectivity index (χ0n) is 11.6. The van der Waals surface area contributed by atoms with E-state index < -0.39 is 0 Å². The molecule has 0 bridgehead atoms. The molecule has 1 N–H and O–H groups in total. The van der Waals surface area contributed by atoms with Crippen LogP contribution in [0.2, 0.25) is 0 Å². The van der Waals surface area contributed by atoms with Gasteiger partial charge in [0.25, 0.3) is 0 Å². The first-order valence-electron chi connectivity index (χ1n) is 6.81. The quantitative estimate of drug-likeness (QED) is 0.701. The highest BCUT2D eigenvalue weighted by molar-refractivity contribution is 9.10. The number of benzene rings is 3. The van der Waals surface area contributed by atoms with Crippen molar-refractivity contribution >= 4 is 26.7 Å². The van der Waals surface area contributed by atoms with E-state index in [9.17, 15) is 4.39 Å². The van der Waals surface area contributed by atoms with E-state index >= 15 is 0 Å². The van der Waals surface area contributed by atoms with Gasteiger partial charge in [0.15, 0.2) is 0 Å². The van der Waals surface area contributed by atoms with Crippen molar-refractivity contribution in [1.82, 2.24) is 5.32 Å². The van der Waals surface area contributed by atoms with Gasteiger partial charge < -0.3 is 5.32 Å². The Bertz CT molecular complexity index is 780. The minimum atomic E-state index is -0.243. The van der Waals surface area contributed by atoms with Gasteiger partial charge in [-0.05, 0) is 50.9 Å². The summed E-state index contributed by atoms with van der Waals surface area (Å²) in [5, 5.41) is 5.66. The van der Waals surface area contributed by atoms with Gasteiger partial charge in [0, 0.05) is 0 Å². The molecule has 3 heteroatoms. The summed E-state index contributed by atoms with van der Waals surface area (Å²) in [5.74, 6) is -0.243. The van der Waals surface area contributed by atoms with Crippen molar-refractivity contribution in [1.29, 1.82) is 0 Å². The second kappa shape index (κ2) is 5.96. The third kappa shape index (κ3) is 2.59. The van der Waals surface area contributed by atoms with Crippen LogP contribution in [0.5, 0.6) is 0 Å². The number of fused-ring (bicyclic) bond motifs is 1. The molecular formula is C18H15BrFN. The SMILES string of the molecule is CNC(c1cccc(F)c1Br)c1cccc2ccccc12. The maximum atomic E-state index is 13.8. The molecule has 1 atom stereocenters. The molecule has 0 heterocycles. The summed E-state index contributed by atoms with van der Waals surface area (Å²) in [4.78, 5) is 0. The van der Waals surface area contributed by atoms with Crippen LogP contribution in [-0.2, 0) is 0 Å². The molecule has 3 aromatic carbocycles. The van der Waals surface area contributed by atoms with Crippen LogP contribution in [0, 0.1) is 5.82 Å². The monoisotopic (exact) mass is 343 g/mol. The standard InChI is InChI=1S/C18H15BrFN/c1-21-18(15-10-5-11-16(20)17(15)19)14-9-4-7-12-6-2-3-8-13(12)14/h2-11,18,21H,1H3. The van der Waals surface area contributed by atoms with Gasteiger partial charge in [-0.15, -0.1) is 0 Å². The van der Waals surface area contributed by atoms with Crippen LogP contribution in [-0.4, -0.2) is 7.05 Å². The van der Waals surface area contributed by atoms with Crippen LogP contribution in [0.4, 0.5) is 4.39 Å². The van der Waals surface area contributed by atoms with E-state index in [4.69, 9.17) is 0 Å². The van der Waals surface area contributed by atoms with Gasteiger partial charge in [0.05, 0.1) is 10.5 Å². The zero-order valence-corrected chi connectivity index (χ0v) is 13.2. The third-order valence-corrected chi connectivity index (χ3v) is 4.55. The van der Waals surface area contributed by atoms with Crippen molar-refractivity contribution in [3.8, 4) is 0 Å². The smallest absolute Gasteiger partial charge is 0.137 e. The second-order valence-corrected chi connectivity index (χ2v) is 5.73. The highest BCUT2D eigenvalue weighted by atomic mass is 79.9. The summed E-state index contributed by atoms with van der Waals surface area (Å²) >= 11 is 3.37. The number of rotatable bonds is 3. The summed E-state index contributed by atoms with van der Waals surface area (Å²) in [7, 11) is 1.89. The molecule has 0 aliphatic heterocycles. The Morgan fingerprint density at radius 2 is 1.57 bits per heavy atom. The molecule has 0 spiro atoms. The van der Waals surface area contributed by atoms with E-state index in [2.05, 4.69) is 45.5 Å². The molecule has 0 aliphatic rings. The van der Waals surface area contributed by atoms with Crippen LogP contribution in [0.25, 0.3) is 10.8 Å². The van der Waals surface area contributed by atoms with Crippen molar-refractivity contribution in [3.05, 3.63) is 82.1 Å². The lowest BCUT2D eigenvalue weighted by Gasteiger charge is -2.20. The number of halogens is 2. The molecule has 106 valence electrons. The molecule has 0 aromatic heterocycles. The first kappa shape index (κ1) is 14.2. The Morgan fingerprint density at radius 3 is 2.38 bits per heavy atom. The Labute approximate surface area is 131 Å². The fourth-order valence-electron chi connectivity index (χ4n) is 2.72. The predicted octanol–water partition coefficient (Wildman–Crippen LogP) is 5.05. The lowest BCUT2D eigenvalue weighted by molar-refractivity contribution is 0.609. The van der Waals surface area contributed by atoms with Crippen molar-refractivity contribution in [2.24, 2.45) is 0 Å². The molecule has 0 saturated carbocycles. The number of hydrogen-bond acceptors (Lipinski definition) is 1. The van der Waals surface area contributed by atoms with Crippen molar-refractivity contribution in [2.75, 3.05) is 7.05 Å². The fraction of sp³-hybridized carbons (Fsp3) is 0.111. The van der Waals surface area contributed by atoms with Gasteiger partial charge in [-0.2, -0.15) is 0 Å². The molecular weight excluding hydrogens is 329 g/mol. The van der Waals surface area contributed by atoms with Crippen LogP contribution < -0.4 is 5.32 Å². The van der Waals surface area contributed by atoms with E-state index in [1.54, 1.807) is 6.07 Å². The summed E-state index contributed by atoms with van der Waals surface area (Å²) < 4.78 is 14.3. The third-order valence-electron chi connectivity index (χ3n) is 3.72. The molecule has 0 saturated heterocycles. The summed E-state index contributed by atoms with van der Waals surface area (Å²) in [6.07, 6.45) is 0. The van der Waals surface area contributed by atoms with Crippen molar-refractivity contribution in [3.63, 3.8) is 0 Å². The second-order valence-electron chi connectivity index (χ2n) is 4.93. The maximum Gasteiger partial charge on any atom is 0.137 e. The Kier molecular flexibility index (Phi) is 4.04. The number of hydrogen-bond donors (Lipinski definition) is 1. The van der Waals surface area contributed by atoms with Crippen LogP contribution >= 0.6 is 15.9 Å². The largest absolute Gasteiger partial charge is 0.309 e. The Morgan fingerprint density at radius 1 is 0.905 bits per heavy atom. The first-order chi connectivity index (χ1) is 10.2. The Balaban J connectivity index is 2.21. The van der Waals surface area contributed by atoms with Gasteiger partial charge in [-0.3, -0.25) is 0 Å². The average molecular weight is 344 g/mol. The van der Waals surface area contributed by atoms with Gasteiger partial charge in [0.2, 0.25) is 0 Å². The molecule has 3 aromatic rings. The van der Waals surface area contributed by atoms with Gasteiger partial charge in [0.1, 0.15) is 5.82 Å². The lowest BCUT2D eigenvalue weighted by Crippen LogP contribution is -2.18. The lowest BCUT2D eigenvalue weighted by atomic mass is 9.94. The van der Waals surface area contributed by atoms with E-state index in [0.29, 0.717) is 4.47 Å². The van der Waals surface area contributed by atoms with Gasteiger partial charge in [-0.1, -0.05) is 54.6 Å². The summed E-state index contributed by atoms with van der Waals surface area (Å²) in [6, 6.07) is 19.5. The molecule has 1 unspecified atom stereocenters. The molecule has 0 amide bonds. The maximum absolute atomic E-state index is 13.8. The van der Waals surface area contributed by atoms with E-state index in [0.717, 1.165) is 11.1 Å². The van der Waals surface area contributed by atoms with E-state index in [-0.39, 0.29) is 11.9 Å². The predicted molar refractivity (Wildman–Crippen MR) is 89.0 cm³/mol. The van der Waals surface area contributed by atoms with Crippen LogP contribution in [0.1, 0.15) is 17.2 Å². The molecule has 0 radical (unpaired) electrons. The molecule has 1 nitrogen and oxygen atoms in total. The van der Waals surface area contributed by atoms with Crippen molar-refractivity contribution < 1.29 is 4.39 Å². The van der Waals surface area contributed by atoms with Crippen LogP contribution in [0.3, 0.4) is 0 Å². The summed E-state index contributed by atoms with van der Waals surface area (Å²) in [5.41, 5.74) is 2.04. The first-order valence-corrected chi connectivity index (χ1v) is 7.60. The highest BCUT2D eigenvalue weighted by Crippen LogP contribution is 2.33. The van der Waals surface area contributed by atoms with Crippen LogP contribution in [0.15, 0.2) is 65.1 Å². The molecule has 0 fully saturated rings. The molecule has 21 heavy (non-hydrogen) atoms. The Hall–Kier alpha value is -1.71. The minimum Gasteiger partial charge on any atom is -0.309 e. The topological polar surface area (TPSA) is 12.0 Å². The molecule has 0 aliphatic carbocycles. The van der Waals surface area contributed by atoms with E-state index in [1.165, 1.54) is 16.8 Å². The van der Waals surface area contributed by atoms with Gasteiger partial charge in [-0.25, -0.2) is 4.39 Å².